The molecule has 2 aromatic heterocycles. The van der Waals surface area contributed by atoms with Gasteiger partial charge in [-0.1, -0.05) is 31.2 Å². The van der Waals surface area contributed by atoms with Gasteiger partial charge in [0.05, 0.1) is 12.0 Å². The molecule has 0 spiro atoms. The van der Waals surface area contributed by atoms with Gasteiger partial charge in [0.1, 0.15) is 5.56 Å². The lowest BCUT2D eigenvalue weighted by molar-refractivity contribution is 0.0363. The van der Waals surface area contributed by atoms with Crippen LogP contribution in [0.3, 0.4) is 0 Å². The van der Waals surface area contributed by atoms with Gasteiger partial charge in [0.25, 0.3) is 5.91 Å². The fourth-order valence-corrected chi connectivity index (χ4v) is 5.37. The molecular formula is C32H38N6O4. The van der Waals surface area contributed by atoms with E-state index < -0.39 is 11.3 Å². The van der Waals surface area contributed by atoms with Crippen molar-refractivity contribution in [3.8, 4) is 5.69 Å². The molecule has 1 saturated heterocycles. The van der Waals surface area contributed by atoms with Crippen LogP contribution >= 0.6 is 0 Å². The molecule has 3 heterocycles. The topological polar surface area (TPSA) is 122 Å². The van der Waals surface area contributed by atoms with Gasteiger partial charge in [-0.2, -0.15) is 4.98 Å². The quantitative estimate of drug-likeness (QED) is 0.228. The zero-order valence-electron chi connectivity index (χ0n) is 24.2. The zero-order chi connectivity index (χ0) is 29.5. The van der Waals surface area contributed by atoms with E-state index in [1.807, 2.05) is 36.4 Å². The summed E-state index contributed by atoms with van der Waals surface area (Å²) in [6, 6.07) is 16.3. The molecular weight excluding hydrogens is 532 g/mol. The van der Waals surface area contributed by atoms with Gasteiger partial charge in [-0.3, -0.25) is 14.4 Å². The van der Waals surface area contributed by atoms with E-state index in [1.165, 1.54) is 23.5 Å². The van der Waals surface area contributed by atoms with Crippen LogP contribution in [0.25, 0.3) is 16.7 Å². The molecule has 1 aliphatic rings. The maximum absolute atomic E-state index is 13.3. The van der Waals surface area contributed by atoms with Crippen molar-refractivity contribution < 1.29 is 14.7 Å². The number of aryl methyl sites for hydroxylation is 1. The van der Waals surface area contributed by atoms with Gasteiger partial charge in [0.2, 0.25) is 11.4 Å². The summed E-state index contributed by atoms with van der Waals surface area (Å²) in [5.74, 6) is 0.238. The summed E-state index contributed by atoms with van der Waals surface area (Å²) in [4.78, 5) is 42.6. The molecule has 10 heteroatoms. The van der Waals surface area contributed by atoms with E-state index in [0.29, 0.717) is 17.5 Å². The van der Waals surface area contributed by atoms with Gasteiger partial charge in [-0.05, 0) is 87.0 Å². The summed E-state index contributed by atoms with van der Waals surface area (Å²) in [5, 5.41) is 12.6. The maximum Gasteiger partial charge on any atom is 0.280 e. The molecule has 0 saturated carbocycles. The van der Waals surface area contributed by atoms with Crippen LogP contribution in [0.15, 0.2) is 65.7 Å². The van der Waals surface area contributed by atoms with Crippen molar-refractivity contribution >= 4 is 28.6 Å². The second kappa shape index (κ2) is 13.7. The molecule has 2 aromatic carbocycles. The first-order valence-electron chi connectivity index (χ1n) is 14.6. The molecule has 220 valence electrons. The van der Waals surface area contributed by atoms with E-state index >= 15 is 0 Å². The molecule has 0 aliphatic carbocycles. The van der Waals surface area contributed by atoms with Crippen molar-refractivity contribution in [3.63, 3.8) is 0 Å². The Morgan fingerprint density at radius 3 is 2.48 bits per heavy atom. The number of benzene rings is 2. The number of fused-ring (bicyclic) bond motifs is 1. The van der Waals surface area contributed by atoms with Crippen LogP contribution in [0, 0.1) is 0 Å². The van der Waals surface area contributed by atoms with Gasteiger partial charge in [0.15, 0.2) is 5.65 Å². The number of nitrogens with zero attached hydrogens (tertiary/aromatic N) is 4. The standard InChI is InChI=1S/C32H38N6O4/c1-3-22-6-12-26(13-7-22)38-21-28(31(41)36-42-4-2)29(40)27-20-33-32(35-30(27)38)34-25-10-8-23(9-11-25)24-14-17-37(18-15-24)16-5-19-39/h6-13,20-21,24,39H,3-5,14-19H2,1-2H3,(H,36,41)(H,33,34,35). The molecule has 0 bridgehead atoms. The predicted molar refractivity (Wildman–Crippen MR) is 163 cm³/mol. The van der Waals surface area contributed by atoms with Gasteiger partial charge in [0, 0.05) is 36.9 Å². The fourth-order valence-electron chi connectivity index (χ4n) is 5.37. The van der Waals surface area contributed by atoms with Crippen LogP contribution in [0.1, 0.15) is 60.5 Å². The molecule has 4 aromatic rings. The molecule has 3 N–H and O–H groups in total. The number of hydrogen-bond donors (Lipinski definition) is 3. The number of likely N-dealkylation sites (tertiary alicyclic amines) is 1. The molecule has 1 amide bonds. The predicted octanol–water partition coefficient (Wildman–Crippen LogP) is 4.33. The fraction of sp³-hybridized carbons (Fsp3) is 0.375. The number of anilines is 2. The van der Waals surface area contributed by atoms with Gasteiger partial charge >= 0.3 is 0 Å². The average molecular weight is 571 g/mol. The van der Waals surface area contributed by atoms with E-state index in [-0.39, 0.29) is 24.2 Å². The summed E-state index contributed by atoms with van der Waals surface area (Å²) < 4.78 is 1.74. The Morgan fingerprint density at radius 2 is 1.81 bits per heavy atom. The smallest absolute Gasteiger partial charge is 0.280 e. The lowest BCUT2D eigenvalue weighted by atomic mass is 9.89. The second-order valence-corrected chi connectivity index (χ2v) is 10.5. The number of rotatable bonds is 11. The summed E-state index contributed by atoms with van der Waals surface area (Å²) in [6.45, 7) is 7.40. The van der Waals surface area contributed by atoms with Crippen molar-refractivity contribution in [1.82, 2.24) is 24.9 Å². The van der Waals surface area contributed by atoms with Crippen LogP contribution in [-0.4, -0.2) is 63.3 Å². The average Bonchev–Trinajstić information content (AvgIpc) is 3.03. The van der Waals surface area contributed by atoms with Gasteiger partial charge in [-0.25, -0.2) is 10.5 Å². The van der Waals surface area contributed by atoms with E-state index in [2.05, 4.69) is 39.7 Å². The lowest BCUT2D eigenvalue weighted by Crippen LogP contribution is -2.34. The molecule has 10 nitrogen and oxygen atoms in total. The van der Waals surface area contributed by atoms with Gasteiger partial charge in [-0.15, -0.1) is 0 Å². The first-order chi connectivity index (χ1) is 20.5. The van der Waals surface area contributed by atoms with Crippen LogP contribution in [0.2, 0.25) is 0 Å². The van der Waals surface area contributed by atoms with Crippen molar-refractivity contribution in [2.75, 3.05) is 38.2 Å². The van der Waals surface area contributed by atoms with E-state index in [9.17, 15) is 9.59 Å². The highest BCUT2D eigenvalue weighted by molar-refractivity contribution is 5.96. The SMILES string of the molecule is CCONC(=O)c1cn(-c2ccc(CC)cc2)c2nc(Nc3ccc(C4CCN(CCCO)CC4)cc3)ncc2c1=O. The second-order valence-electron chi connectivity index (χ2n) is 10.5. The number of carbonyl (C=O) groups is 1. The number of aliphatic hydroxyl groups is 1. The molecule has 0 atom stereocenters. The maximum atomic E-state index is 13.3. The Morgan fingerprint density at radius 1 is 1.07 bits per heavy atom. The zero-order valence-corrected chi connectivity index (χ0v) is 24.2. The van der Waals surface area contributed by atoms with Crippen LogP contribution in [-0.2, 0) is 11.3 Å². The van der Waals surface area contributed by atoms with E-state index in [1.54, 1.807) is 11.5 Å². The number of nitrogens with one attached hydrogen (secondary N) is 2. The Hall–Kier alpha value is -4.12. The largest absolute Gasteiger partial charge is 0.396 e. The minimum absolute atomic E-state index is 0.0605. The minimum atomic E-state index is -0.624. The van der Waals surface area contributed by atoms with E-state index in [4.69, 9.17) is 14.9 Å². The van der Waals surface area contributed by atoms with Crippen molar-refractivity contribution in [2.45, 2.75) is 45.4 Å². The minimum Gasteiger partial charge on any atom is -0.396 e. The highest BCUT2D eigenvalue weighted by Crippen LogP contribution is 2.29. The van der Waals surface area contributed by atoms with Crippen LogP contribution in [0.4, 0.5) is 11.6 Å². The first-order valence-corrected chi connectivity index (χ1v) is 14.6. The van der Waals surface area contributed by atoms with Crippen LogP contribution in [0.5, 0.6) is 0 Å². The normalized spacial score (nSPS) is 14.3. The van der Waals surface area contributed by atoms with Crippen molar-refractivity contribution in [1.29, 1.82) is 0 Å². The highest BCUT2D eigenvalue weighted by atomic mass is 16.6. The number of hydrogen-bond acceptors (Lipinski definition) is 8. The molecule has 0 radical (unpaired) electrons. The number of pyridine rings is 1. The highest BCUT2D eigenvalue weighted by Gasteiger charge is 2.21. The summed E-state index contributed by atoms with van der Waals surface area (Å²) in [5.41, 5.74) is 6.26. The Balaban J connectivity index is 1.41. The molecule has 0 unspecified atom stereocenters. The van der Waals surface area contributed by atoms with Gasteiger partial charge < -0.3 is 19.9 Å². The number of amides is 1. The summed E-state index contributed by atoms with van der Waals surface area (Å²) >= 11 is 0. The third-order valence-electron chi connectivity index (χ3n) is 7.78. The Bertz CT molecular complexity index is 1560. The Labute approximate surface area is 245 Å². The van der Waals surface area contributed by atoms with E-state index in [0.717, 1.165) is 56.7 Å². The van der Waals surface area contributed by atoms with Crippen molar-refractivity contribution in [3.05, 3.63) is 87.8 Å². The number of carbonyl (C=O) groups excluding carboxylic acids is 1. The molecule has 42 heavy (non-hydrogen) atoms. The van der Waals surface area contributed by atoms with Crippen molar-refractivity contribution in [2.24, 2.45) is 0 Å². The third-order valence-corrected chi connectivity index (χ3v) is 7.78. The summed E-state index contributed by atoms with van der Waals surface area (Å²) in [6.07, 6.45) is 6.89. The first kappa shape index (κ1) is 29.4. The number of aromatic nitrogens is 3. The lowest BCUT2D eigenvalue weighted by Gasteiger charge is -2.32. The number of aliphatic hydroxyl groups excluding tert-OH is 1. The van der Waals surface area contributed by atoms with Crippen LogP contribution < -0.4 is 16.2 Å². The third kappa shape index (κ3) is 6.67. The molecule has 5 rings (SSSR count). The molecule has 1 fully saturated rings. The molecule has 1 aliphatic heterocycles. The number of hydroxylamine groups is 1. The number of piperidine rings is 1. The Kier molecular flexibility index (Phi) is 9.58. The monoisotopic (exact) mass is 570 g/mol. The summed E-state index contributed by atoms with van der Waals surface area (Å²) in [7, 11) is 0.